The molecule has 0 unspecified atom stereocenters. The Bertz CT molecular complexity index is 596. The summed E-state index contributed by atoms with van der Waals surface area (Å²) in [7, 11) is 0. The van der Waals surface area contributed by atoms with Crippen LogP contribution in [0.4, 0.5) is 13.2 Å². The summed E-state index contributed by atoms with van der Waals surface area (Å²) in [5.41, 5.74) is 0.318. The fraction of sp³-hybridized carbons (Fsp3) is 0.357. The van der Waals surface area contributed by atoms with Crippen molar-refractivity contribution in [2.24, 2.45) is 5.92 Å². The van der Waals surface area contributed by atoms with Crippen molar-refractivity contribution in [1.82, 2.24) is 10.3 Å². The van der Waals surface area contributed by atoms with E-state index in [2.05, 4.69) is 10.3 Å². The first kappa shape index (κ1) is 14.6. The molecule has 0 aliphatic carbocycles. The third kappa shape index (κ3) is 3.01. The minimum Gasteiger partial charge on any atom is -0.443 e. The number of hydrogen-bond acceptors (Lipinski definition) is 3. The van der Waals surface area contributed by atoms with Gasteiger partial charge in [-0.05, 0) is 24.6 Å². The van der Waals surface area contributed by atoms with Gasteiger partial charge < -0.3 is 9.73 Å². The lowest BCUT2D eigenvalue weighted by Crippen LogP contribution is -2.19. The Morgan fingerprint density at radius 2 is 1.95 bits per heavy atom. The molecule has 1 aromatic carbocycles. The standard InChI is InChI=1S/C14H15F3N2O/c1-8(2)5-18-6-11-14(20-7-19-11)9-3-4-10(15)13(17)12(9)16/h3-4,7-8,18H,5-6H2,1-2H3. The Kier molecular flexibility index (Phi) is 4.44. The van der Waals surface area contributed by atoms with Gasteiger partial charge in [-0.1, -0.05) is 13.8 Å². The number of aromatic nitrogens is 1. The third-order valence-corrected chi connectivity index (χ3v) is 2.77. The summed E-state index contributed by atoms with van der Waals surface area (Å²) in [6.45, 7) is 5.21. The largest absolute Gasteiger partial charge is 0.443 e. The van der Waals surface area contributed by atoms with E-state index in [-0.39, 0.29) is 11.3 Å². The highest BCUT2D eigenvalue weighted by molar-refractivity contribution is 5.60. The van der Waals surface area contributed by atoms with Crippen molar-refractivity contribution in [1.29, 1.82) is 0 Å². The normalized spacial score (nSPS) is 11.3. The Morgan fingerprint density at radius 1 is 1.20 bits per heavy atom. The van der Waals surface area contributed by atoms with Crippen LogP contribution >= 0.6 is 0 Å². The van der Waals surface area contributed by atoms with Crippen molar-refractivity contribution >= 4 is 0 Å². The average molecular weight is 284 g/mol. The van der Waals surface area contributed by atoms with Crippen LogP contribution in [-0.2, 0) is 6.54 Å². The van der Waals surface area contributed by atoms with Gasteiger partial charge in [0.1, 0.15) is 5.69 Å². The molecule has 0 atom stereocenters. The molecule has 2 aromatic rings. The van der Waals surface area contributed by atoms with Gasteiger partial charge in [-0.2, -0.15) is 0 Å². The van der Waals surface area contributed by atoms with Crippen LogP contribution in [-0.4, -0.2) is 11.5 Å². The molecule has 0 saturated heterocycles. The zero-order chi connectivity index (χ0) is 14.7. The third-order valence-electron chi connectivity index (χ3n) is 2.77. The molecule has 20 heavy (non-hydrogen) atoms. The first-order valence-corrected chi connectivity index (χ1v) is 6.27. The Labute approximate surface area is 114 Å². The van der Waals surface area contributed by atoms with Crippen molar-refractivity contribution in [2.75, 3.05) is 6.54 Å². The average Bonchev–Trinajstić information content (AvgIpc) is 2.84. The minimum atomic E-state index is -1.51. The molecule has 108 valence electrons. The Balaban J connectivity index is 2.26. The van der Waals surface area contributed by atoms with E-state index in [0.29, 0.717) is 18.2 Å². The van der Waals surface area contributed by atoms with Gasteiger partial charge in [-0.25, -0.2) is 18.2 Å². The molecule has 0 radical (unpaired) electrons. The molecule has 1 heterocycles. The van der Waals surface area contributed by atoms with Crippen LogP contribution in [0.15, 0.2) is 22.9 Å². The van der Waals surface area contributed by atoms with Crippen molar-refractivity contribution < 1.29 is 17.6 Å². The van der Waals surface area contributed by atoms with Crippen LogP contribution in [0, 0.1) is 23.4 Å². The smallest absolute Gasteiger partial charge is 0.195 e. The lowest BCUT2D eigenvalue weighted by Gasteiger charge is -2.07. The van der Waals surface area contributed by atoms with Gasteiger partial charge in [0, 0.05) is 6.54 Å². The number of halogens is 3. The number of nitrogens with one attached hydrogen (secondary N) is 1. The highest BCUT2D eigenvalue weighted by atomic mass is 19.2. The van der Waals surface area contributed by atoms with Gasteiger partial charge in [0.2, 0.25) is 0 Å². The molecule has 2 rings (SSSR count). The first-order valence-electron chi connectivity index (χ1n) is 6.27. The topological polar surface area (TPSA) is 38.1 Å². The van der Waals surface area contributed by atoms with E-state index in [9.17, 15) is 13.2 Å². The number of nitrogens with zero attached hydrogens (tertiary/aromatic N) is 1. The summed E-state index contributed by atoms with van der Waals surface area (Å²) in [4.78, 5) is 3.97. The highest BCUT2D eigenvalue weighted by Gasteiger charge is 2.20. The second-order valence-corrected chi connectivity index (χ2v) is 4.88. The summed E-state index contributed by atoms with van der Waals surface area (Å²) >= 11 is 0. The van der Waals surface area contributed by atoms with E-state index in [4.69, 9.17) is 4.42 Å². The Hall–Kier alpha value is -1.82. The number of hydrogen-bond donors (Lipinski definition) is 1. The molecule has 0 saturated carbocycles. The van der Waals surface area contributed by atoms with Gasteiger partial charge in [0.15, 0.2) is 29.6 Å². The predicted octanol–water partition coefficient (Wildman–Crippen LogP) is 3.50. The summed E-state index contributed by atoms with van der Waals surface area (Å²) in [5, 5.41) is 3.13. The number of oxazole rings is 1. The van der Waals surface area contributed by atoms with Crippen LogP contribution in [0.3, 0.4) is 0 Å². The van der Waals surface area contributed by atoms with Crippen molar-refractivity contribution in [3.05, 3.63) is 41.7 Å². The molecule has 1 N–H and O–H groups in total. The molecular weight excluding hydrogens is 269 g/mol. The van der Waals surface area contributed by atoms with E-state index < -0.39 is 17.5 Å². The fourth-order valence-electron chi connectivity index (χ4n) is 1.79. The molecule has 0 aliphatic rings. The summed E-state index contributed by atoms with van der Waals surface area (Å²) in [5.74, 6) is -3.46. The van der Waals surface area contributed by atoms with Gasteiger partial charge in [-0.15, -0.1) is 0 Å². The monoisotopic (exact) mass is 284 g/mol. The highest BCUT2D eigenvalue weighted by Crippen LogP contribution is 2.28. The molecule has 3 nitrogen and oxygen atoms in total. The number of rotatable bonds is 5. The van der Waals surface area contributed by atoms with Crippen LogP contribution in [0.1, 0.15) is 19.5 Å². The molecular formula is C14H15F3N2O. The lowest BCUT2D eigenvalue weighted by molar-refractivity contribution is 0.446. The minimum absolute atomic E-state index is 0.109. The van der Waals surface area contributed by atoms with Crippen LogP contribution in [0.25, 0.3) is 11.3 Å². The van der Waals surface area contributed by atoms with E-state index in [1.165, 1.54) is 0 Å². The maximum atomic E-state index is 13.7. The van der Waals surface area contributed by atoms with Crippen LogP contribution in [0.5, 0.6) is 0 Å². The summed E-state index contributed by atoms with van der Waals surface area (Å²) in [6.07, 6.45) is 1.16. The van der Waals surface area contributed by atoms with Crippen molar-refractivity contribution in [3.63, 3.8) is 0 Å². The quantitative estimate of drug-likeness (QED) is 0.854. The van der Waals surface area contributed by atoms with Crippen LogP contribution in [0.2, 0.25) is 0 Å². The molecule has 1 aromatic heterocycles. The molecule has 0 fully saturated rings. The molecule has 6 heteroatoms. The molecule has 0 aliphatic heterocycles. The Morgan fingerprint density at radius 3 is 2.65 bits per heavy atom. The zero-order valence-corrected chi connectivity index (χ0v) is 11.2. The van der Waals surface area contributed by atoms with Gasteiger partial charge >= 0.3 is 0 Å². The second kappa shape index (κ2) is 6.09. The fourth-order valence-corrected chi connectivity index (χ4v) is 1.79. The van der Waals surface area contributed by atoms with Crippen molar-refractivity contribution in [3.8, 4) is 11.3 Å². The second-order valence-electron chi connectivity index (χ2n) is 4.88. The SMILES string of the molecule is CC(C)CNCc1ncoc1-c1ccc(F)c(F)c1F. The van der Waals surface area contributed by atoms with E-state index in [1.54, 1.807) is 0 Å². The molecule has 0 amide bonds. The maximum Gasteiger partial charge on any atom is 0.195 e. The zero-order valence-electron chi connectivity index (χ0n) is 11.2. The van der Waals surface area contributed by atoms with E-state index in [0.717, 1.165) is 25.1 Å². The molecule has 0 bridgehead atoms. The summed E-state index contributed by atoms with van der Waals surface area (Å²) < 4.78 is 45.0. The lowest BCUT2D eigenvalue weighted by atomic mass is 10.1. The van der Waals surface area contributed by atoms with Crippen LogP contribution < -0.4 is 5.32 Å². The number of benzene rings is 1. The van der Waals surface area contributed by atoms with Gasteiger partial charge in [-0.3, -0.25) is 0 Å². The predicted molar refractivity (Wildman–Crippen MR) is 68.4 cm³/mol. The van der Waals surface area contributed by atoms with E-state index >= 15 is 0 Å². The summed E-state index contributed by atoms with van der Waals surface area (Å²) in [6, 6.07) is 2.00. The van der Waals surface area contributed by atoms with Crippen molar-refractivity contribution in [2.45, 2.75) is 20.4 Å². The van der Waals surface area contributed by atoms with Gasteiger partial charge in [0.25, 0.3) is 0 Å². The maximum absolute atomic E-state index is 13.7. The first-order chi connectivity index (χ1) is 9.50. The van der Waals surface area contributed by atoms with Gasteiger partial charge in [0.05, 0.1) is 5.56 Å². The molecule has 0 spiro atoms. The van der Waals surface area contributed by atoms with E-state index in [1.807, 2.05) is 13.8 Å².